The number of unbranched alkanes of at least 4 members (excludes halogenated alkanes) is 1. The molecule has 0 aromatic heterocycles. The quantitative estimate of drug-likeness (QED) is 0.0331. The first-order valence-electron chi connectivity index (χ1n) is 23.0. The normalized spacial score (nSPS) is 17.4. The topological polar surface area (TPSA) is 181 Å². The van der Waals surface area contributed by atoms with E-state index in [2.05, 4.69) is 14.2 Å². The molecule has 3 aliphatic rings. The molecule has 3 aromatic carbocycles. The van der Waals surface area contributed by atoms with Crippen LogP contribution in [0.15, 0.2) is 0 Å². The number of esters is 3. The Morgan fingerprint density at radius 3 is 0.974 bits per heavy atom. The van der Waals surface area contributed by atoms with Gasteiger partial charge in [-0.1, -0.05) is 6.42 Å². The van der Waals surface area contributed by atoms with Crippen molar-refractivity contribution >= 4 is 47.4 Å². The molecule has 426 valence electrons. The molecule has 0 radical (unpaired) electrons. The van der Waals surface area contributed by atoms with Crippen molar-refractivity contribution < 1.29 is 120 Å². The smallest absolute Gasteiger partial charge is 0.344 e. The standard InChI is InChI=1S/C16H17F5O4S.2C15H15F5O4S/c17-11-10(12(18)14(20)15(21)13(11)19)16(22)25-6-2-1-3-9-4-7-26(23,24)8-5-9;16-11-9(12(17)14(19)15(20)13(11)18)7-24-10(21)2-1-8-3-5-25(22,23)6-4-8;16-10-9(11(17)13(19)14(20)12(10)18)15(21)24-5-1-2-8-3-6-25(22,23)7-4-8/h9H,1-8H2;2*8H,1-7H2. The summed E-state index contributed by atoms with van der Waals surface area (Å²) in [5.41, 5.74) is -4.45. The van der Waals surface area contributed by atoms with Gasteiger partial charge in [0.05, 0.1) is 53.3 Å². The number of hydrogen-bond acceptors (Lipinski definition) is 12. The third-order valence-electron chi connectivity index (χ3n) is 12.5. The SMILES string of the molecule is O=C(CCC1CCS(=O)(=O)CC1)OCc1c(F)c(F)c(F)c(F)c1F.O=C(OCCCC1CCS(=O)(=O)CC1)c1c(F)c(F)c(F)c(F)c1F.O=C(OCCCCC1CCS(=O)(=O)CC1)c1c(F)c(F)c(F)c(F)c1F. The van der Waals surface area contributed by atoms with Crippen LogP contribution in [-0.2, 0) is 55.1 Å². The molecule has 6 rings (SSSR count). The van der Waals surface area contributed by atoms with E-state index in [-0.39, 0.29) is 78.3 Å². The molecule has 0 bridgehead atoms. The van der Waals surface area contributed by atoms with Crippen LogP contribution in [0.1, 0.15) is 110 Å². The Morgan fingerprint density at radius 1 is 0.355 bits per heavy atom. The number of rotatable bonds is 16. The van der Waals surface area contributed by atoms with E-state index >= 15 is 0 Å². The molecule has 0 unspecified atom stereocenters. The summed E-state index contributed by atoms with van der Waals surface area (Å²) in [5, 5.41) is 0. The lowest BCUT2D eigenvalue weighted by molar-refractivity contribution is -0.145. The highest BCUT2D eigenvalue weighted by Crippen LogP contribution is 2.29. The van der Waals surface area contributed by atoms with Gasteiger partial charge in [-0.3, -0.25) is 4.79 Å². The Balaban J connectivity index is 0.000000246. The van der Waals surface area contributed by atoms with Crippen molar-refractivity contribution in [2.75, 3.05) is 47.7 Å². The largest absolute Gasteiger partial charge is 0.462 e. The second-order valence-electron chi connectivity index (χ2n) is 17.8. The molecule has 3 aromatic rings. The number of carbonyl (C=O) groups is 3. The third-order valence-corrected chi connectivity index (χ3v) is 17.7. The Kier molecular flexibility index (Phi) is 22.9. The van der Waals surface area contributed by atoms with Crippen molar-refractivity contribution in [1.82, 2.24) is 0 Å². The minimum absolute atomic E-state index is 0.00487. The van der Waals surface area contributed by atoms with E-state index in [1.165, 1.54) is 0 Å². The maximum atomic E-state index is 13.5. The van der Waals surface area contributed by atoms with Crippen molar-refractivity contribution in [2.24, 2.45) is 17.8 Å². The van der Waals surface area contributed by atoms with Crippen molar-refractivity contribution in [3.05, 3.63) is 104 Å². The number of halogens is 15. The predicted molar refractivity (Wildman–Crippen MR) is 236 cm³/mol. The highest BCUT2D eigenvalue weighted by atomic mass is 32.2. The zero-order valence-electron chi connectivity index (χ0n) is 39.6. The molecule has 3 saturated heterocycles. The van der Waals surface area contributed by atoms with Crippen molar-refractivity contribution in [1.29, 1.82) is 0 Å². The van der Waals surface area contributed by atoms with Gasteiger partial charge < -0.3 is 14.2 Å². The van der Waals surface area contributed by atoms with Gasteiger partial charge in [-0.2, -0.15) is 0 Å². The van der Waals surface area contributed by atoms with Crippen LogP contribution in [0, 0.1) is 105 Å². The van der Waals surface area contributed by atoms with Crippen molar-refractivity contribution in [2.45, 2.75) is 90.1 Å². The second-order valence-corrected chi connectivity index (χ2v) is 24.7. The minimum Gasteiger partial charge on any atom is -0.462 e. The zero-order valence-corrected chi connectivity index (χ0v) is 42.0. The Hall–Kier alpha value is -5.13. The molecule has 0 spiro atoms. The van der Waals surface area contributed by atoms with E-state index in [1.54, 1.807) is 0 Å². The third kappa shape index (κ3) is 17.2. The van der Waals surface area contributed by atoms with Crippen LogP contribution in [0.5, 0.6) is 0 Å². The molecule has 3 fully saturated rings. The lowest BCUT2D eigenvalue weighted by atomic mass is 9.96. The van der Waals surface area contributed by atoms with Gasteiger partial charge in [0.15, 0.2) is 69.8 Å². The molecule has 3 heterocycles. The van der Waals surface area contributed by atoms with Crippen LogP contribution in [-0.4, -0.2) is 90.9 Å². The summed E-state index contributed by atoms with van der Waals surface area (Å²) in [6.07, 6.45) is 5.51. The molecule has 0 atom stereocenters. The average Bonchev–Trinajstić information content (AvgIpc) is 3.37. The van der Waals surface area contributed by atoms with Crippen LogP contribution in [0.25, 0.3) is 0 Å². The number of sulfone groups is 3. The molecular formula is C46H47F15O12S3. The summed E-state index contributed by atoms with van der Waals surface area (Å²) >= 11 is 0. The number of benzene rings is 3. The first-order chi connectivity index (χ1) is 35.4. The van der Waals surface area contributed by atoms with Crippen LogP contribution in [0.4, 0.5) is 65.9 Å². The molecule has 3 aliphatic heterocycles. The van der Waals surface area contributed by atoms with Gasteiger partial charge in [-0.25, -0.2) is 101 Å². The fourth-order valence-corrected chi connectivity index (χ4v) is 12.7. The Bertz CT molecular complexity index is 2850. The zero-order chi connectivity index (χ0) is 57.0. The fourth-order valence-electron chi connectivity index (χ4n) is 7.96. The molecular weight excluding hydrogens is 1130 g/mol. The average molecular weight is 1170 g/mol. The van der Waals surface area contributed by atoms with Gasteiger partial charge >= 0.3 is 17.9 Å². The first kappa shape index (κ1) is 63.4. The molecule has 0 amide bonds. The molecule has 0 N–H and O–H groups in total. The molecule has 76 heavy (non-hydrogen) atoms. The minimum atomic E-state index is -3.02. The summed E-state index contributed by atoms with van der Waals surface area (Å²) < 4.78 is 279. The summed E-state index contributed by atoms with van der Waals surface area (Å²) in [4.78, 5) is 34.8. The van der Waals surface area contributed by atoms with Crippen molar-refractivity contribution in [3.8, 4) is 0 Å². The predicted octanol–water partition coefficient (Wildman–Crippen LogP) is 9.71. The highest BCUT2D eigenvalue weighted by molar-refractivity contribution is 7.91. The lowest BCUT2D eigenvalue weighted by Gasteiger charge is -2.21. The van der Waals surface area contributed by atoms with Gasteiger partial charge in [0.25, 0.3) is 0 Å². The van der Waals surface area contributed by atoms with Crippen LogP contribution in [0.3, 0.4) is 0 Å². The highest BCUT2D eigenvalue weighted by Gasteiger charge is 2.33. The molecule has 12 nitrogen and oxygen atoms in total. The van der Waals surface area contributed by atoms with E-state index < -0.39 is 158 Å². The Labute approximate surface area is 425 Å². The molecule has 30 heteroatoms. The van der Waals surface area contributed by atoms with Gasteiger partial charge in [0, 0.05) is 6.42 Å². The lowest BCUT2D eigenvalue weighted by Crippen LogP contribution is -2.23. The van der Waals surface area contributed by atoms with Crippen molar-refractivity contribution in [3.63, 3.8) is 0 Å². The maximum Gasteiger partial charge on any atom is 0.344 e. The maximum absolute atomic E-state index is 13.5. The Morgan fingerprint density at radius 2 is 0.632 bits per heavy atom. The van der Waals surface area contributed by atoms with Gasteiger partial charge in [-0.05, 0) is 88.4 Å². The van der Waals surface area contributed by atoms with E-state index in [4.69, 9.17) is 0 Å². The van der Waals surface area contributed by atoms with E-state index in [0.29, 0.717) is 70.6 Å². The van der Waals surface area contributed by atoms with Crippen LogP contribution < -0.4 is 0 Å². The summed E-state index contributed by atoms with van der Waals surface area (Å²) in [5.74, 6) is -36.2. The monoisotopic (exact) mass is 1170 g/mol. The van der Waals surface area contributed by atoms with E-state index in [1.807, 2.05) is 0 Å². The first-order valence-corrected chi connectivity index (χ1v) is 28.5. The number of carbonyl (C=O) groups excluding carboxylic acids is 3. The van der Waals surface area contributed by atoms with E-state index in [0.717, 1.165) is 0 Å². The molecule has 0 saturated carbocycles. The second kappa shape index (κ2) is 27.5. The molecule has 0 aliphatic carbocycles. The van der Waals surface area contributed by atoms with Gasteiger partial charge in [0.1, 0.15) is 47.2 Å². The van der Waals surface area contributed by atoms with E-state index in [9.17, 15) is 105 Å². The number of hydrogen-bond donors (Lipinski definition) is 0. The summed E-state index contributed by atoms with van der Waals surface area (Å²) in [6, 6.07) is 0. The number of ether oxygens (including phenoxy) is 3. The van der Waals surface area contributed by atoms with Gasteiger partial charge in [0.2, 0.25) is 17.5 Å². The summed E-state index contributed by atoms with van der Waals surface area (Å²) in [7, 11) is -8.95. The summed E-state index contributed by atoms with van der Waals surface area (Å²) in [6.45, 7) is -1.60. The fraction of sp³-hybridized carbons (Fsp3) is 0.543. The van der Waals surface area contributed by atoms with Gasteiger partial charge in [-0.15, -0.1) is 0 Å². The van der Waals surface area contributed by atoms with Crippen LogP contribution >= 0.6 is 0 Å². The van der Waals surface area contributed by atoms with Crippen LogP contribution in [0.2, 0.25) is 0 Å².